The molecule has 0 aliphatic carbocycles. The standard InChI is InChI=1S/C10H19BO3/c1-7(4-5-12-2)9-8(13-3)6-14-10(9)11/h7-10H,4-6H2,1-3H3/t7?,8?,9-,10+/m0/s1. The van der Waals surface area contributed by atoms with Gasteiger partial charge in [-0.1, -0.05) is 6.92 Å². The normalized spacial score (nSPS) is 34.6. The molecular weight excluding hydrogens is 179 g/mol. The molecule has 1 saturated heterocycles. The van der Waals surface area contributed by atoms with Crippen molar-refractivity contribution in [3.05, 3.63) is 0 Å². The van der Waals surface area contributed by atoms with Crippen LogP contribution < -0.4 is 0 Å². The van der Waals surface area contributed by atoms with E-state index in [4.69, 9.17) is 22.1 Å². The Hall–Kier alpha value is -0.0551. The topological polar surface area (TPSA) is 27.7 Å². The van der Waals surface area contributed by atoms with E-state index >= 15 is 0 Å². The summed E-state index contributed by atoms with van der Waals surface area (Å²) in [4.78, 5) is 0. The molecule has 3 nitrogen and oxygen atoms in total. The van der Waals surface area contributed by atoms with Gasteiger partial charge >= 0.3 is 0 Å². The maximum atomic E-state index is 5.87. The van der Waals surface area contributed by atoms with Crippen LogP contribution in [-0.4, -0.2) is 47.4 Å². The van der Waals surface area contributed by atoms with Gasteiger partial charge < -0.3 is 14.2 Å². The summed E-state index contributed by atoms with van der Waals surface area (Å²) < 4.78 is 15.8. The Bertz CT molecular complexity index is 165. The van der Waals surface area contributed by atoms with Crippen molar-refractivity contribution in [2.24, 2.45) is 11.8 Å². The molecule has 0 aromatic carbocycles. The Kier molecular flexibility index (Phi) is 4.92. The van der Waals surface area contributed by atoms with E-state index in [1.54, 1.807) is 14.2 Å². The van der Waals surface area contributed by atoms with Gasteiger partial charge in [-0.25, -0.2) is 0 Å². The first-order valence-corrected chi connectivity index (χ1v) is 5.09. The van der Waals surface area contributed by atoms with Crippen molar-refractivity contribution >= 4 is 7.85 Å². The number of methoxy groups -OCH3 is 2. The number of rotatable bonds is 5. The third-order valence-corrected chi connectivity index (χ3v) is 3.00. The van der Waals surface area contributed by atoms with Gasteiger partial charge in [0, 0.05) is 32.7 Å². The minimum Gasteiger partial charge on any atom is -0.385 e. The van der Waals surface area contributed by atoms with Crippen molar-refractivity contribution in [3.63, 3.8) is 0 Å². The van der Waals surface area contributed by atoms with E-state index in [9.17, 15) is 0 Å². The maximum absolute atomic E-state index is 5.87. The first-order valence-electron chi connectivity index (χ1n) is 5.09. The first-order chi connectivity index (χ1) is 6.70. The van der Waals surface area contributed by atoms with Gasteiger partial charge in [-0.3, -0.25) is 0 Å². The van der Waals surface area contributed by atoms with Crippen LogP contribution in [0.15, 0.2) is 0 Å². The van der Waals surface area contributed by atoms with Gasteiger partial charge in [0.25, 0.3) is 0 Å². The number of hydrogen-bond donors (Lipinski definition) is 0. The molecule has 0 aromatic rings. The molecule has 4 atom stereocenters. The van der Waals surface area contributed by atoms with Gasteiger partial charge in [0.15, 0.2) is 0 Å². The average molecular weight is 198 g/mol. The molecule has 1 heterocycles. The molecule has 2 unspecified atom stereocenters. The van der Waals surface area contributed by atoms with Crippen molar-refractivity contribution in [1.82, 2.24) is 0 Å². The second kappa shape index (κ2) is 5.74. The summed E-state index contributed by atoms with van der Waals surface area (Å²) in [7, 11) is 9.30. The zero-order valence-corrected chi connectivity index (χ0v) is 9.23. The fraction of sp³-hybridized carbons (Fsp3) is 1.00. The highest BCUT2D eigenvalue weighted by molar-refractivity contribution is 6.11. The maximum Gasteiger partial charge on any atom is 0.109 e. The largest absolute Gasteiger partial charge is 0.385 e. The summed E-state index contributed by atoms with van der Waals surface area (Å²) in [5.74, 6) is 0.757. The second-order valence-electron chi connectivity index (χ2n) is 3.91. The lowest BCUT2D eigenvalue weighted by Crippen LogP contribution is -2.32. The molecule has 4 heteroatoms. The van der Waals surface area contributed by atoms with Crippen molar-refractivity contribution in [1.29, 1.82) is 0 Å². The van der Waals surface area contributed by atoms with Crippen molar-refractivity contribution < 1.29 is 14.2 Å². The van der Waals surface area contributed by atoms with Crippen LogP contribution in [-0.2, 0) is 14.2 Å². The van der Waals surface area contributed by atoms with Crippen LogP contribution in [0.5, 0.6) is 0 Å². The van der Waals surface area contributed by atoms with Crippen LogP contribution in [0.2, 0.25) is 0 Å². The summed E-state index contributed by atoms with van der Waals surface area (Å²) >= 11 is 0. The van der Waals surface area contributed by atoms with Crippen LogP contribution in [0.25, 0.3) is 0 Å². The lowest BCUT2D eigenvalue weighted by atomic mass is 9.76. The van der Waals surface area contributed by atoms with Crippen molar-refractivity contribution in [2.75, 3.05) is 27.4 Å². The predicted molar refractivity (Wildman–Crippen MR) is 55.4 cm³/mol. The van der Waals surface area contributed by atoms with Crippen LogP contribution in [0.1, 0.15) is 13.3 Å². The molecule has 0 saturated carbocycles. The molecule has 1 fully saturated rings. The summed E-state index contributed by atoms with van der Waals surface area (Å²) in [5.41, 5.74) is 0. The van der Waals surface area contributed by atoms with Gasteiger partial charge in [-0.05, 0) is 12.3 Å². The predicted octanol–water partition coefficient (Wildman–Crippen LogP) is 0.815. The molecule has 80 valence electrons. The van der Waals surface area contributed by atoms with Gasteiger partial charge in [0.1, 0.15) is 7.85 Å². The molecule has 0 spiro atoms. The number of hydrogen-bond acceptors (Lipinski definition) is 3. The highest BCUT2D eigenvalue weighted by atomic mass is 16.5. The fourth-order valence-corrected chi connectivity index (χ4v) is 2.05. The quantitative estimate of drug-likeness (QED) is 0.612. The zero-order chi connectivity index (χ0) is 10.6. The third-order valence-electron chi connectivity index (χ3n) is 3.00. The Labute approximate surface area is 87.5 Å². The summed E-state index contributed by atoms with van der Waals surface area (Å²) in [5, 5.41) is 0. The van der Waals surface area contributed by atoms with E-state index in [0.29, 0.717) is 12.5 Å². The summed E-state index contributed by atoms with van der Waals surface area (Å²) in [6, 6.07) is -0.188. The molecule has 14 heavy (non-hydrogen) atoms. The van der Waals surface area contributed by atoms with Gasteiger partial charge in [0.05, 0.1) is 12.7 Å². The van der Waals surface area contributed by atoms with Gasteiger partial charge in [0.2, 0.25) is 0 Å². The SMILES string of the molecule is [B][C@@H]1OCC(OC)[C@@H]1C(C)CCOC. The Morgan fingerprint density at radius 3 is 2.79 bits per heavy atom. The van der Waals surface area contributed by atoms with Gasteiger partial charge in [-0.15, -0.1) is 0 Å². The van der Waals surface area contributed by atoms with Crippen LogP contribution in [0.4, 0.5) is 0 Å². The second-order valence-corrected chi connectivity index (χ2v) is 3.91. The average Bonchev–Trinajstić information content (AvgIpc) is 2.56. The van der Waals surface area contributed by atoms with E-state index in [-0.39, 0.29) is 18.0 Å². The Balaban J connectivity index is 2.45. The van der Waals surface area contributed by atoms with Gasteiger partial charge in [-0.2, -0.15) is 0 Å². The van der Waals surface area contributed by atoms with Crippen LogP contribution in [0.3, 0.4) is 0 Å². The molecule has 2 radical (unpaired) electrons. The molecule has 1 rings (SSSR count). The molecule has 0 aromatic heterocycles. The molecule has 0 N–H and O–H groups in total. The first kappa shape index (κ1) is 12.0. The van der Waals surface area contributed by atoms with Crippen molar-refractivity contribution in [2.45, 2.75) is 25.5 Å². The molecule has 0 amide bonds. The summed E-state index contributed by atoms with van der Waals surface area (Å²) in [6.45, 7) is 3.55. The lowest BCUT2D eigenvalue weighted by Gasteiger charge is -2.26. The summed E-state index contributed by atoms with van der Waals surface area (Å²) in [6.07, 6.45) is 1.13. The monoisotopic (exact) mass is 198 g/mol. The Morgan fingerprint density at radius 2 is 2.21 bits per heavy atom. The zero-order valence-electron chi connectivity index (χ0n) is 9.23. The minimum absolute atomic E-state index is 0.136. The van der Waals surface area contributed by atoms with E-state index in [0.717, 1.165) is 13.0 Å². The van der Waals surface area contributed by atoms with Crippen LogP contribution >= 0.6 is 0 Å². The van der Waals surface area contributed by atoms with Crippen LogP contribution in [0, 0.1) is 11.8 Å². The third kappa shape index (κ3) is 2.72. The Morgan fingerprint density at radius 1 is 1.50 bits per heavy atom. The molecular formula is C10H19BO3. The van der Waals surface area contributed by atoms with E-state index in [2.05, 4.69) is 6.92 Å². The smallest absolute Gasteiger partial charge is 0.109 e. The van der Waals surface area contributed by atoms with Crippen molar-refractivity contribution in [3.8, 4) is 0 Å². The fourth-order valence-electron chi connectivity index (χ4n) is 2.05. The van der Waals surface area contributed by atoms with E-state index < -0.39 is 0 Å². The molecule has 1 aliphatic heterocycles. The minimum atomic E-state index is -0.188. The highest BCUT2D eigenvalue weighted by Gasteiger charge is 2.37. The highest BCUT2D eigenvalue weighted by Crippen LogP contribution is 2.30. The number of ether oxygens (including phenoxy) is 3. The molecule has 1 aliphatic rings. The lowest BCUT2D eigenvalue weighted by molar-refractivity contribution is 0.0484. The van der Waals surface area contributed by atoms with E-state index in [1.165, 1.54) is 0 Å². The molecule has 0 bridgehead atoms. The van der Waals surface area contributed by atoms with E-state index in [1.807, 2.05) is 0 Å².